The number of thiophene rings is 1. The zero-order chi connectivity index (χ0) is 18.3. The van der Waals surface area contributed by atoms with Gasteiger partial charge in [0.1, 0.15) is 9.71 Å². The van der Waals surface area contributed by atoms with Crippen molar-refractivity contribution in [1.29, 1.82) is 0 Å². The molecule has 0 aliphatic carbocycles. The van der Waals surface area contributed by atoms with Crippen LogP contribution in [0.3, 0.4) is 0 Å². The fourth-order valence-corrected chi connectivity index (χ4v) is 4.12. The first kappa shape index (κ1) is 16.4. The van der Waals surface area contributed by atoms with Crippen LogP contribution in [0.5, 0.6) is 0 Å². The maximum atomic E-state index is 12.5. The number of pyridine rings is 1. The van der Waals surface area contributed by atoms with Gasteiger partial charge >= 0.3 is 5.97 Å². The van der Waals surface area contributed by atoms with Gasteiger partial charge in [0.05, 0.1) is 12.5 Å². The number of carbonyl (C=O) groups is 1. The van der Waals surface area contributed by atoms with Crippen LogP contribution >= 0.6 is 11.3 Å². The third kappa shape index (κ3) is 2.76. The van der Waals surface area contributed by atoms with Gasteiger partial charge in [-0.2, -0.15) is 4.57 Å². The van der Waals surface area contributed by atoms with Crippen LogP contribution in [0.15, 0.2) is 47.5 Å². The van der Waals surface area contributed by atoms with E-state index in [-0.39, 0.29) is 5.56 Å². The Morgan fingerprint density at radius 1 is 1.27 bits per heavy atom. The van der Waals surface area contributed by atoms with Crippen LogP contribution in [0.1, 0.15) is 21.1 Å². The van der Waals surface area contributed by atoms with Gasteiger partial charge in [-0.05, 0) is 23.9 Å². The Kier molecular flexibility index (Phi) is 4.00. The third-order valence-electron chi connectivity index (χ3n) is 4.30. The second kappa shape index (κ2) is 6.34. The maximum Gasteiger partial charge on any atom is 0.348 e. The topological polar surface area (TPSA) is 75.9 Å². The molecule has 0 saturated carbocycles. The first-order chi connectivity index (χ1) is 12.6. The number of aryl methyl sites for hydroxylation is 1. The van der Waals surface area contributed by atoms with Gasteiger partial charge in [-0.25, -0.2) is 9.78 Å². The summed E-state index contributed by atoms with van der Waals surface area (Å²) in [5, 5.41) is 2.71. The van der Waals surface area contributed by atoms with Crippen LogP contribution in [0.4, 0.5) is 0 Å². The van der Waals surface area contributed by atoms with Crippen LogP contribution < -0.4 is 10.1 Å². The molecule has 3 heterocycles. The Bertz CT molecular complexity index is 1210. The highest BCUT2D eigenvalue weighted by molar-refractivity contribution is 7.20. The number of hydrogen-bond donors (Lipinski definition) is 1. The van der Waals surface area contributed by atoms with Crippen molar-refractivity contribution in [3.05, 3.63) is 69.3 Å². The average Bonchev–Trinajstić information content (AvgIpc) is 2.98. The second-order valence-corrected chi connectivity index (χ2v) is 6.99. The summed E-state index contributed by atoms with van der Waals surface area (Å²) in [7, 11) is 1.33. The van der Waals surface area contributed by atoms with Crippen LogP contribution in [-0.2, 0) is 11.3 Å². The first-order valence-electron chi connectivity index (χ1n) is 8.05. The molecule has 3 aromatic heterocycles. The summed E-state index contributed by atoms with van der Waals surface area (Å²) in [6.07, 6.45) is 3.96. The van der Waals surface area contributed by atoms with Crippen LogP contribution in [0.2, 0.25) is 0 Å². The van der Waals surface area contributed by atoms with E-state index in [1.165, 1.54) is 18.4 Å². The van der Waals surface area contributed by atoms with Crippen molar-refractivity contribution in [2.75, 3.05) is 7.11 Å². The smallest absolute Gasteiger partial charge is 0.348 e. The molecule has 0 atom stereocenters. The fourth-order valence-electron chi connectivity index (χ4n) is 3.00. The van der Waals surface area contributed by atoms with E-state index in [1.54, 1.807) is 6.92 Å². The minimum atomic E-state index is -0.449. The van der Waals surface area contributed by atoms with E-state index in [4.69, 9.17) is 4.74 Å². The number of ether oxygens (including phenoxy) is 1. The Balaban J connectivity index is 1.76. The van der Waals surface area contributed by atoms with E-state index in [0.717, 1.165) is 10.8 Å². The molecule has 0 radical (unpaired) electrons. The van der Waals surface area contributed by atoms with Gasteiger partial charge in [-0.1, -0.05) is 18.2 Å². The summed E-state index contributed by atoms with van der Waals surface area (Å²) >= 11 is 1.18. The number of fused-ring (bicyclic) bond motifs is 2. The molecule has 0 amide bonds. The van der Waals surface area contributed by atoms with Crippen molar-refractivity contribution < 1.29 is 14.1 Å². The van der Waals surface area contributed by atoms with E-state index in [0.29, 0.717) is 33.0 Å². The summed E-state index contributed by atoms with van der Waals surface area (Å²) in [5.74, 6) is 0.0933. The number of hydrogen-bond acceptors (Lipinski definition) is 5. The van der Waals surface area contributed by atoms with Gasteiger partial charge in [0.2, 0.25) is 6.54 Å². The van der Waals surface area contributed by atoms with Gasteiger partial charge in [0.25, 0.3) is 5.56 Å². The van der Waals surface area contributed by atoms with E-state index in [2.05, 4.69) is 16.0 Å². The molecule has 0 aliphatic heterocycles. The fraction of sp³-hybridized carbons (Fsp3) is 0.158. The molecule has 4 aromatic rings. The lowest BCUT2D eigenvalue weighted by molar-refractivity contribution is -0.688. The molecule has 0 bridgehead atoms. The second-order valence-electron chi connectivity index (χ2n) is 5.99. The van der Waals surface area contributed by atoms with Crippen molar-refractivity contribution in [3.8, 4) is 0 Å². The van der Waals surface area contributed by atoms with Crippen molar-refractivity contribution in [3.63, 3.8) is 0 Å². The van der Waals surface area contributed by atoms with Crippen LogP contribution in [0, 0.1) is 6.92 Å². The molecular formula is C19H16N3O3S+. The minimum Gasteiger partial charge on any atom is -0.465 e. The molecular weight excluding hydrogens is 350 g/mol. The van der Waals surface area contributed by atoms with Crippen molar-refractivity contribution in [2.24, 2.45) is 0 Å². The van der Waals surface area contributed by atoms with E-state index >= 15 is 0 Å². The zero-order valence-corrected chi connectivity index (χ0v) is 15.1. The molecule has 0 fully saturated rings. The van der Waals surface area contributed by atoms with Crippen molar-refractivity contribution in [2.45, 2.75) is 13.5 Å². The Labute approximate surface area is 152 Å². The predicted octanol–water partition coefficient (Wildman–Crippen LogP) is 2.57. The molecule has 7 heteroatoms. The highest BCUT2D eigenvalue weighted by Gasteiger charge is 2.20. The van der Waals surface area contributed by atoms with E-state index in [1.807, 2.05) is 41.2 Å². The lowest BCUT2D eigenvalue weighted by atomic mass is 10.2. The first-order valence-corrected chi connectivity index (χ1v) is 8.87. The standard InChI is InChI=1S/C19H15N3O3S/c1-11-15-17(23)20-14(21-18(15)26-16(11)19(24)25-2)10-22-8-7-12-5-3-4-6-13(12)9-22/h3-9H,10H2,1-2H3/p+1. The van der Waals surface area contributed by atoms with Gasteiger partial charge in [0.15, 0.2) is 18.2 Å². The van der Waals surface area contributed by atoms with Gasteiger partial charge in [0, 0.05) is 11.5 Å². The monoisotopic (exact) mass is 366 g/mol. The SMILES string of the molecule is COC(=O)c1sc2nc(C[n+]3ccc4ccccc4c3)[nH]c(=O)c2c1C. The molecule has 0 aliphatic rings. The van der Waals surface area contributed by atoms with Gasteiger partial charge < -0.3 is 9.72 Å². The summed E-state index contributed by atoms with van der Waals surface area (Å²) in [6.45, 7) is 2.17. The number of H-pyrrole nitrogens is 1. The molecule has 6 nitrogen and oxygen atoms in total. The maximum absolute atomic E-state index is 12.5. The number of carbonyl (C=O) groups excluding carboxylic acids is 1. The molecule has 4 rings (SSSR count). The lowest BCUT2D eigenvalue weighted by Crippen LogP contribution is -2.35. The zero-order valence-electron chi connectivity index (χ0n) is 14.3. The highest BCUT2D eigenvalue weighted by atomic mass is 32.1. The lowest BCUT2D eigenvalue weighted by Gasteiger charge is -2.00. The predicted molar refractivity (Wildman–Crippen MR) is 99.6 cm³/mol. The Morgan fingerprint density at radius 3 is 2.81 bits per heavy atom. The van der Waals surface area contributed by atoms with Crippen molar-refractivity contribution >= 4 is 38.3 Å². The Hall–Kier alpha value is -3.06. The highest BCUT2D eigenvalue weighted by Crippen LogP contribution is 2.27. The van der Waals surface area contributed by atoms with E-state index < -0.39 is 5.97 Å². The molecule has 0 saturated heterocycles. The summed E-state index contributed by atoms with van der Waals surface area (Å²) in [5.41, 5.74) is 0.366. The third-order valence-corrected chi connectivity index (χ3v) is 5.46. The average molecular weight is 366 g/mol. The van der Waals surface area contributed by atoms with Crippen LogP contribution in [0.25, 0.3) is 21.0 Å². The summed E-state index contributed by atoms with van der Waals surface area (Å²) in [4.78, 5) is 32.7. The summed E-state index contributed by atoms with van der Waals surface area (Å²) < 4.78 is 6.75. The number of methoxy groups -OCH3 is 1. The van der Waals surface area contributed by atoms with Crippen LogP contribution in [-0.4, -0.2) is 23.0 Å². The quantitative estimate of drug-likeness (QED) is 0.447. The van der Waals surface area contributed by atoms with Gasteiger partial charge in [-0.3, -0.25) is 4.79 Å². The molecule has 1 N–H and O–H groups in total. The van der Waals surface area contributed by atoms with Gasteiger partial charge in [-0.15, -0.1) is 11.3 Å². The van der Waals surface area contributed by atoms with Crippen molar-refractivity contribution in [1.82, 2.24) is 9.97 Å². The number of aromatic amines is 1. The number of benzene rings is 1. The number of esters is 1. The number of aromatic nitrogens is 3. The van der Waals surface area contributed by atoms with E-state index in [9.17, 15) is 9.59 Å². The largest absolute Gasteiger partial charge is 0.465 e. The molecule has 0 spiro atoms. The molecule has 130 valence electrons. The summed E-state index contributed by atoms with van der Waals surface area (Å²) in [6, 6.07) is 10.1. The minimum absolute atomic E-state index is 0.240. The molecule has 1 aromatic carbocycles. The molecule has 26 heavy (non-hydrogen) atoms. The number of rotatable bonds is 3. The number of nitrogens with one attached hydrogen (secondary N) is 1. The number of nitrogens with zero attached hydrogens (tertiary/aromatic N) is 2. The normalized spacial score (nSPS) is 11.2. The molecule has 0 unspecified atom stereocenters. The Morgan fingerprint density at radius 2 is 2.04 bits per heavy atom.